The molecule has 0 saturated heterocycles. The number of halogens is 1. The van der Waals surface area contributed by atoms with E-state index in [0.29, 0.717) is 0 Å². The van der Waals surface area contributed by atoms with Crippen LogP contribution in [0.25, 0.3) is 5.69 Å². The number of rotatable bonds is 4. The van der Waals surface area contributed by atoms with E-state index in [1.54, 1.807) is 0 Å². The number of aromatic nitrogens is 2. The Bertz CT molecular complexity index is 811. The summed E-state index contributed by atoms with van der Waals surface area (Å²) < 4.78 is 15.9. The molecule has 0 radical (unpaired) electrons. The van der Waals surface area contributed by atoms with Crippen LogP contribution in [0.5, 0.6) is 0 Å². The normalized spacial score (nSPS) is 11.4. The number of carbonyl (C=O) groups excluding carboxylic acids is 1. The molecule has 24 heavy (non-hydrogen) atoms. The smallest absolute Gasteiger partial charge is 0.329 e. The number of carboxylic acid groups (broad SMARTS) is 1. The molecule has 0 aliphatic carbocycles. The Morgan fingerprint density at radius 3 is 2.33 bits per heavy atom. The van der Waals surface area contributed by atoms with Gasteiger partial charge in [0.1, 0.15) is 17.0 Å². The van der Waals surface area contributed by atoms with Gasteiger partial charge in [-0.05, 0) is 52.0 Å². The van der Waals surface area contributed by atoms with E-state index in [2.05, 4.69) is 5.10 Å². The molecule has 0 spiro atoms. The maximum Gasteiger partial charge on any atom is 0.329 e. The summed E-state index contributed by atoms with van der Waals surface area (Å²) in [6.07, 6.45) is 0. The van der Waals surface area contributed by atoms with Crippen LogP contribution in [-0.4, -0.2) is 44.3 Å². The highest BCUT2D eigenvalue weighted by Gasteiger charge is 2.35. The van der Waals surface area contributed by atoms with Crippen molar-refractivity contribution in [2.75, 3.05) is 7.05 Å². The summed E-state index contributed by atoms with van der Waals surface area (Å²) in [4.78, 5) is 24.8. The van der Waals surface area contributed by atoms with Crippen LogP contribution in [0.15, 0.2) is 24.3 Å². The van der Waals surface area contributed by atoms with E-state index in [0.717, 1.165) is 22.4 Å². The molecule has 0 atom stereocenters. The molecule has 0 bridgehead atoms. The largest absolute Gasteiger partial charge is 0.480 e. The lowest BCUT2D eigenvalue weighted by molar-refractivity contribution is -0.147. The van der Waals surface area contributed by atoms with Crippen LogP contribution in [0, 0.1) is 19.7 Å². The molecule has 6 nitrogen and oxygen atoms in total. The quantitative estimate of drug-likeness (QED) is 0.933. The fraction of sp³-hybridized carbons (Fsp3) is 0.353. The highest BCUT2D eigenvalue weighted by molar-refractivity contribution is 5.97. The van der Waals surface area contributed by atoms with Gasteiger partial charge in [0.25, 0.3) is 5.91 Å². The number of hydrogen-bond donors (Lipinski definition) is 1. The Balaban J connectivity index is 2.38. The predicted octanol–water partition coefficient (Wildman–Crippen LogP) is 2.56. The van der Waals surface area contributed by atoms with Gasteiger partial charge in [0, 0.05) is 18.3 Å². The van der Waals surface area contributed by atoms with Crippen molar-refractivity contribution in [2.45, 2.75) is 33.2 Å². The SMILES string of the molecule is Cc1cc(C)n(-c2ccc(C(=O)N(C)C(C)(C)C(=O)O)cc2F)n1. The minimum atomic E-state index is -1.40. The number of carbonyl (C=O) groups is 2. The number of hydrogen-bond acceptors (Lipinski definition) is 3. The predicted molar refractivity (Wildman–Crippen MR) is 86.8 cm³/mol. The second-order valence-corrected chi connectivity index (χ2v) is 6.23. The van der Waals surface area contributed by atoms with Crippen LogP contribution in [0.3, 0.4) is 0 Å². The molecule has 0 fully saturated rings. The van der Waals surface area contributed by atoms with E-state index in [1.807, 2.05) is 19.9 Å². The van der Waals surface area contributed by atoms with Gasteiger partial charge in [-0.3, -0.25) is 4.79 Å². The van der Waals surface area contributed by atoms with Crippen molar-refractivity contribution in [3.8, 4) is 5.69 Å². The minimum absolute atomic E-state index is 0.0783. The molecule has 128 valence electrons. The zero-order valence-electron chi connectivity index (χ0n) is 14.3. The lowest BCUT2D eigenvalue weighted by atomic mass is 10.0. The molecular weight excluding hydrogens is 313 g/mol. The second-order valence-electron chi connectivity index (χ2n) is 6.23. The van der Waals surface area contributed by atoms with Crippen molar-refractivity contribution in [1.29, 1.82) is 0 Å². The van der Waals surface area contributed by atoms with E-state index in [4.69, 9.17) is 0 Å². The van der Waals surface area contributed by atoms with Crippen LogP contribution >= 0.6 is 0 Å². The number of amides is 1. The Labute approximate surface area is 139 Å². The van der Waals surface area contributed by atoms with Gasteiger partial charge in [0.15, 0.2) is 0 Å². The maximum atomic E-state index is 14.5. The molecule has 1 heterocycles. The number of benzene rings is 1. The standard InChI is InChI=1S/C17H20FN3O3/c1-10-8-11(2)21(19-10)14-7-6-12(9-13(14)18)15(22)20(5)17(3,4)16(23)24/h6-9H,1-5H3,(H,23,24). The maximum absolute atomic E-state index is 14.5. The molecule has 1 amide bonds. The number of carboxylic acids is 1. The van der Waals surface area contributed by atoms with E-state index in [1.165, 1.54) is 37.7 Å². The molecule has 0 saturated carbocycles. The van der Waals surface area contributed by atoms with Gasteiger partial charge in [-0.2, -0.15) is 5.10 Å². The first-order chi connectivity index (χ1) is 11.1. The van der Waals surface area contributed by atoms with E-state index in [9.17, 15) is 19.1 Å². The zero-order chi connectivity index (χ0) is 18.2. The van der Waals surface area contributed by atoms with Crippen molar-refractivity contribution in [2.24, 2.45) is 0 Å². The molecule has 2 rings (SSSR count). The fourth-order valence-corrected chi connectivity index (χ4v) is 2.28. The van der Waals surface area contributed by atoms with Gasteiger partial charge in [-0.25, -0.2) is 13.9 Å². The van der Waals surface area contributed by atoms with Gasteiger partial charge in [0.05, 0.1) is 5.69 Å². The number of aliphatic carboxylic acids is 1. The summed E-state index contributed by atoms with van der Waals surface area (Å²) in [7, 11) is 1.38. The third-order valence-electron chi connectivity index (χ3n) is 4.10. The van der Waals surface area contributed by atoms with E-state index >= 15 is 0 Å². The highest BCUT2D eigenvalue weighted by Crippen LogP contribution is 2.21. The van der Waals surface area contributed by atoms with Gasteiger partial charge in [-0.1, -0.05) is 0 Å². The zero-order valence-corrected chi connectivity index (χ0v) is 14.3. The van der Waals surface area contributed by atoms with Crippen LogP contribution in [0.4, 0.5) is 4.39 Å². The van der Waals surface area contributed by atoms with Crippen molar-refractivity contribution in [1.82, 2.24) is 14.7 Å². The highest BCUT2D eigenvalue weighted by atomic mass is 19.1. The lowest BCUT2D eigenvalue weighted by Crippen LogP contribution is -2.50. The van der Waals surface area contributed by atoms with E-state index in [-0.39, 0.29) is 11.3 Å². The summed E-state index contributed by atoms with van der Waals surface area (Å²) in [6.45, 7) is 6.44. The molecule has 0 aliphatic rings. The number of aryl methyl sites for hydroxylation is 2. The molecule has 0 unspecified atom stereocenters. The number of nitrogens with zero attached hydrogens (tertiary/aromatic N) is 3. The average molecular weight is 333 g/mol. The first-order valence-corrected chi connectivity index (χ1v) is 7.40. The molecule has 1 aromatic heterocycles. The number of likely N-dealkylation sites (N-methyl/N-ethyl adjacent to an activating group) is 1. The van der Waals surface area contributed by atoms with Crippen molar-refractivity contribution < 1.29 is 19.1 Å². The second kappa shape index (κ2) is 6.07. The summed E-state index contributed by atoms with van der Waals surface area (Å²) in [5.41, 5.74) is 0.443. The van der Waals surface area contributed by atoms with Crippen LogP contribution in [0.2, 0.25) is 0 Å². The first-order valence-electron chi connectivity index (χ1n) is 7.40. The summed E-state index contributed by atoms with van der Waals surface area (Å²) >= 11 is 0. The van der Waals surface area contributed by atoms with E-state index < -0.39 is 23.2 Å². The van der Waals surface area contributed by atoms with Crippen LogP contribution in [-0.2, 0) is 4.79 Å². The molecule has 2 aromatic rings. The average Bonchev–Trinajstić information content (AvgIpc) is 2.83. The third-order valence-corrected chi connectivity index (χ3v) is 4.10. The minimum Gasteiger partial charge on any atom is -0.480 e. The molecule has 7 heteroatoms. The van der Waals surface area contributed by atoms with Crippen molar-refractivity contribution in [3.63, 3.8) is 0 Å². The fourth-order valence-electron chi connectivity index (χ4n) is 2.28. The Kier molecular flexibility index (Phi) is 4.46. The first kappa shape index (κ1) is 17.7. The van der Waals surface area contributed by atoms with Gasteiger partial charge in [-0.15, -0.1) is 0 Å². The monoisotopic (exact) mass is 333 g/mol. The van der Waals surface area contributed by atoms with Crippen LogP contribution in [0.1, 0.15) is 35.6 Å². The Hall–Kier alpha value is -2.70. The van der Waals surface area contributed by atoms with Crippen molar-refractivity contribution >= 4 is 11.9 Å². The Morgan fingerprint density at radius 2 is 1.88 bits per heavy atom. The molecule has 0 aliphatic heterocycles. The third kappa shape index (κ3) is 3.02. The van der Waals surface area contributed by atoms with Crippen molar-refractivity contribution in [3.05, 3.63) is 47.0 Å². The van der Waals surface area contributed by atoms with Gasteiger partial charge >= 0.3 is 5.97 Å². The Morgan fingerprint density at radius 1 is 1.25 bits per heavy atom. The topological polar surface area (TPSA) is 75.4 Å². The lowest BCUT2D eigenvalue weighted by Gasteiger charge is -2.31. The van der Waals surface area contributed by atoms with Gasteiger partial charge < -0.3 is 10.0 Å². The van der Waals surface area contributed by atoms with Gasteiger partial charge in [0.2, 0.25) is 0 Å². The van der Waals surface area contributed by atoms with Crippen LogP contribution < -0.4 is 0 Å². The summed E-state index contributed by atoms with van der Waals surface area (Å²) in [6, 6.07) is 5.85. The molecular formula is C17H20FN3O3. The summed E-state index contributed by atoms with van der Waals surface area (Å²) in [5.74, 6) is -2.31. The molecule has 1 N–H and O–H groups in total. The molecule has 1 aromatic carbocycles. The summed E-state index contributed by atoms with van der Waals surface area (Å²) in [5, 5.41) is 13.4.